The number of nitrogens with one attached hydrogen (secondary N) is 1. The maximum atomic E-state index is 11.9. The second-order valence-corrected chi connectivity index (χ2v) is 8.49. The molecule has 2 heterocycles. The third kappa shape index (κ3) is 5.39. The van der Waals surface area contributed by atoms with Crippen LogP contribution in [0.15, 0.2) is 4.34 Å². The molecule has 0 aliphatic carbocycles. The fourth-order valence-corrected chi connectivity index (χ4v) is 4.15. The monoisotopic (exact) mass is 362 g/mol. The molecule has 9 heteroatoms. The van der Waals surface area contributed by atoms with Gasteiger partial charge in [-0.1, -0.05) is 54.0 Å². The second-order valence-electron chi connectivity index (χ2n) is 4.85. The van der Waals surface area contributed by atoms with E-state index in [9.17, 15) is 4.79 Å². The summed E-state index contributed by atoms with van der Waals surface area (Å²) in [5.41, 5.74) is 0. The van der Waals surface area contributed by atoms with Crippen LogP contribution in [-0.2, 0) is 4.79 Å². The van der Waals surface area contributed by atoms with Crippen molar-refractivity contribution in [2.45, 2.75) is 24.1 Å². The lowest BCUT2D eigenvalue weighted by molar-refractivity contribution is -0.113. The van der Waals surface area contributed by atoms with Gasteiger partial charge in [0, 0.05) is 13.1 Å². The van der Waals surface area contributed by atoms with Gasteiger partial charge in [0.25, 0.3) is 0 Å². The highest BCUT2D eigenvalue weighted by atomic mass is 32.2. The highest BCUT2D eigenvalue weighted by molar-refractivity contribution is 8.23. The Kier molecular flexibility index (Phi) is 6.72. The molecule has 1 amide bonds. The quantitative estimate of drug-likeness (QED) is 0.502. The number of aromatic nitrogens is 2. The molecular formula is C12H18N4OS4. The SMILES string of the molecule is CSc1nnc(NC(=O)CSC(=S)N2CCC(C)CC2)s1. The van der Waals surface area contributed by atoms with Crippen LogP contribution in [0, 0.1) is 5.92 Å². The molecule has 1 aliphatic rings. The maximum Gasteiger partial charge on any atom is 0.236 e. The molecule has 5 nitrogen and oxygen atoms in total. The van der Waals surface area contributed by atoms with Gasteiger partial charge in [0.05, 0.1) is 5.75 Å². The molecule has 0 bridgehead atoms. The first kappa shape index (κ1) is 17.0. The normalized spacial score (nSPS) is 16.0. The van der Waals surface area contributed by atoms with Gasteiger partial charge in [-0.15, -0.1) is 10.2 Å². The van der Waals surface area contributed by atoms with Gasteiger partial charge in [-0.2, -0.15) is 0 Å². The van der Waals surface area contributed by atoms with E-state index in [1.54, 1.807) is 0 Å². The Labute approximate surface area is 142 Å². The minimum Gasteiger partial charge on any atom is -0.357 e. The summed E-state index contributed by atoms with van der Waals surface area (Å²) in [5.74, 6) is 1.01. The summed E-state index contributed by atoms with van der Waals surface area (Å²) < 4.78 is 1.66. The molecule has 1 fully saturated rings. The van der Waals surface area contributed by atoms with Crippen LogP contribution < -0.4 is 5.32 Å². The Morgan fingerprint density at radius 1 is 1.48 bits per heavy atom. The van der Waals surface area contributed by atoms with Gasteiger partial charge in [0.2, 0.25) is 11.0 Å². The van der Waals surface area contributed by atoms with E-state index in [2.05, 4.69) is 27.3 Å². The number of hydrogen-bond donors (Lipinski definition) is 1. The molecule has 1 saturated heterocycles. The Morgan fingerprint density at radius 2 is 2.19 bits per heavy atom. The fourth-order valence-electron chi connectivity index (χ4n) is 1.91. The van der Waals surface area contributed by atoms with E-state index >= 15 is 0 Å². The lowest BCUT2D eigenvalue weighted by atomic mass is 10.00. The number of carbonyl (C=O) groups is 1. The zero-order valence-electron chi connectivity index (χ0n) is 12.0. The number of carbonyl (C=O) groups excluding carboxylic acids is 1. The van der Waals surface area contributed by atoms with Crippen LogP contribution in [0.1, 0.15) is 19.8 Å². The van der Waals surface area contributed by atoms with E-state index < -0.39 is 0 Å². The van der Waals surface area contributed by atoms with Gasteiger partial charge in [0.15, 0.2) is 4.34 Å². The zero-order chi connectivity index (χ0) is 15.2. The predicted octanol–water partition coefficient (Wildman–Crippen LogP) is 2.95. The second kappa shape index (κ2) is 8.30. The van der Waals surface area contributed by atoms with Crippen molar-refractivity contribution in [2.75, 3.05) is 30.4 Å². The van der Waals surface area contributed by atoms with Crippen LogP contribution in [0.5, 0.6) is 0 Å². The average molecular weight is 363 g/mol. The summed E-state index contributed by atoms with van der Waals surface area (Å²) in [6, 6.07) is 0. The lowest BCUT2D eigenvalue weighted by Gasteiger charge is -2.31. The molecule has 0 aromatic carbocycles. The molecule has 1 aromatic heterocycles. The molecule has 0 radical (unpaired) electrons. The summed E-state index contributed by atoms with van der Waals surface area (Å²) >= 11 is 9.71. The minimum atomic E-state index is -0.0865. The van der Waals surface area contributed by atoms with Crippen molar-refractivity contribution in [1.29, 1.82) is 0 Å². The molecule has 0 saturated carbocycles. The number of hydrogen-bond acceptors (Lipinski definition) is 7. The van der Waals surface area contributed by atoms with Crippen LogP contribution in [0.2, 0.25) is 0 Å². The van der Waals surface area contributed by atoms with Crippen LogP contribution >= 0.6 is 47.1 Å². The van der Waals surface area contributed by atoms with Crippen molar-refractivity contribution in [2.24, 2.45) is 5.92 Å². The summed E-state index contributed by atoms with van der Waals surface area (Å²) in [7, 11) is 0. The number of anilines is 1. The van der Waals surface area contributed by atoms with Gasteiger partial charge in [0.1, 0.15) is 4.32 Å². The maximum absolute atomic E-state index is 11.9. The van der Waals surface area contributed by atoms with Crippen molar-refractivity contribution in [3.8, 4) is 0 Å². The van der Waals surface area contributed by atoms with Crippen LogP contribution in [0.3, 0.4) is 0 Å². The first-order valence-corrected chi connectivity index (χ1v) is 10.1. The Hall–Kier alpha value is -0.380. The molecule has 1 aromatic rings. The van der Waals surface area contributed by atoms with Crippen molar-refractivity contribution in [3.63, 3.8) is 0 Å². The van der Waals surface area contributed by atoms with E-state index in [1.807, 2.05) is 6.26 Å². The summed E-state index contributed by atoms with van der Waals surface area (Å²) in [6.07, 6.45) is 4.28. The van der Waals surface area contributed by atoms with Crippen LogP contribution in [0.25, 0.3) is 0 Å². The number of rotatable bonds is 4. The van der Waals surface area contributed by atoms with Crippen LogP contribution in [-0.4, -0.2) is 50.4 Å². The molecule has 21 heavy (non-hydrogen) atoms. The number of amides is 1. The summed E-state index contributed by atoms with van der Waals surface area (Å²) in [5, 5.41) is 11.2. The molecule has 1 N–H and O–H groups in total. The topological polar surface area (TPSA) is 58.1 Å². The minimum absolute atomic E-state index is 0.0865. The molecule has 116 valence electrons. The Balaban J connectivity index is 1.72. The summed E-state index contributed by atoms with van der Waals surface area (Å²) in [4.78, 5) is 14.1. The molecule has 2 rings (SSSR count). The highest BCUT2D eigenvalue weighted by Gasteiger charge is 2.19. The van der Waals surface area contributed by atoms with E-state index in [0.29, 0.717) is 10.9 Å². The van der Waals surface area contributed by atoms with Crippen molar-refractivity contribution in [1.82, 2.24) is 15.1 Å². The van der Waals surface area contributed by atoms with E-state index in [1.165, 1.54) is 47.7 Å². The highest BCUT2D eigenvalue weighted by Crippen LogP contribution is 2.24. The van der Waals surface area contributed by atoms with Crippen molar-refractivity contribution in [3.05, 3.63) is 0 Å². The van der Waals surface area contributed by atoms with Gasteiger partial charge in [-0.25, -0.2) is 0 Å². The molecular weight excluding hydrogens is 344 g/mol. The standard InChI is InChI=1S/C12H18N4OS4/c1-8-3-5-16(6-4-8)12(18)20-7-9(17)13-10-14-15-11(19-2)21-10/h8H,3-7H2,1-2H3,(H,13,14,17). The zero-order valence-corrected chi connectivity index (χ0v) is 15.3. The van der Waals surface area contributed by atoms with Crippen molar-refractivity contribution < 1.29 is 4.79 Å². The van der Waals surface area contributed by atoms with Gasteiger partial charge >= 0.3 is 0 Å². The number of nitrogens with zero attached hydrogens (tertiary/aromatic N) is 3. The number of thioether (sulfide) groups is 2. The van der Waals surface area contributed by atoms with E-state index in [0.717, 1.165) is 27.7 Å². The van der Waals surface area contributed by atoms with Crippen molar-refractivity contribution >= 4 is 62.4 Å². The fraction of sp³-hybridized carbons (Fsp3) is 0.667. The third-order valence-corrected chi connectivity index (χ3v) is 6.53. The Morgan fingerprint density at radius 3 is 2.81 bits per heavy atom. The third-order valence-electron chi connectivity index (χ3n) is 3.20. The molecule has 0 atom stereocenters. The smallest absolute Gasteiger partial charge is 0.236 e. The van der Waals surface area contributed by atoms with Gasteiger partial charge in [-0.05, 0) is 25.0 Å². The largest absolute Gasteiger partial charge is 0.357 e. The molecule has 1 aliphatic heterocycles. The first-order chi connectivity index (χ1) is 10.1. The number of piperidine rings is 1. The summed E-state index contributed by atoms with van der Waals surface area (Å²) in [6.45, 7) is 4.27. The van der Waals surface area contributed by atoms with E-state index in [4.69, 9.17) is 12.2 Å². The van der Waals surface area contributed by atoms with E-state index in [-0.39, 0.29) is 5.91 Å². The van der Waals surface area contributed by atoms with Crippen LogP contribution in [0.4, 0.5) is 5.13 Å². The predicted molar refractivity (Wildman–Crippen MR) is 95.3 cm³/mol. The molecule has 0 unspecified atom stereocenters. The lowest BCUT2D eigenvalue weighted by Crippen LogP contribution is -2.36. The first-order valence-electron chi connectivity index (χ1n) is 6.67. The Bertz CT molecular complexity index is 499. The number of likely N-dealkylation sites (tertiary alicyclic amines) is 1. The average Bonchev–Trinajstić information content (AvgIpc) is 2.93. The number of thiocarbonyl (C=S) groups is 1. The van der Waals surface area contributed by atoms with Gasteiger partial charge < -0.3 is 4.90 Å². The molecule has 0 spiro atoms. The van der Waals surface area contributed by atoms with Gasteiger partial charge in [-0.3, -0.25) is 10.1 Å².